The van der Waals surface area contributed by atoms with Crippen LogP contribution < -0.4 is 15.4 Å². The molecule has 0 unspecified atom stereocenters. The Kier molecular flexibility index (Phi) is 17.8. The average molecular weight is 754 g/mol. The Balaban J connectivity index is 1.48. The summed E-state index contributed by atoms with van der Waals surface area (Å²) in [6.07, 6.45) is 2.06. The minimum absolute atomic E-state index is 0.0958. The van der Waals surface area contributed by atoms with Crippen molar-refractivity contribution in [3.05, 3.63) is 58.4 Å². The Labute approximate surface area is 283 Å². The van der Waals surface area contributed by atoms with Gasteiger partial charge in [0.05, 0.1) is 77.3 Å². The molecular formula is C33H44FIN4O7. The molecule has 0 atom stereocenters. The number of carbonyl (C=O) groups is 1. The molecule has 0 saturated heterocycles. The summed E-state index contributed by atoms with van der Waals surface area (Å²) in [7, 11) is 0. The van der Waals surface area contributed by atoms with Gasteiger partial charge in [-0.2, -0.15) is 0 Å². The molecule has 11 nitrogen and oxygen atoms in total. The molecular weight excluding hydrogens is 709 g/mol. The fourth-order valence-electron chi connectivity index (χ4n) is 4.15. The number of fused-ring (bicyclic) bond motifs is 1. The van der Waals surface area contributed by atoms with Crippen LogP contribution in [-0.2, 0) is 28.5 Å². The Morgan fingerprint density at radius 1 is 0.870 bits per heavy atom. The van der Waals surface area contributed by atoms with E-state index in [4.69, 9.17) is 28.4 Å². The molecule has 0 radical (unpaired) electrons. The molecule has 0 bridgehead atoms. The van der Waals surface area contributed by atoms with Gasteiger partial charge in [-0.3, -0.25) is 4.79 Å². The third-order valence-electron chi connectivity index (χ3n) is 6.24. The van der Waals surface area contributed by atoms with Crippen LogP contribution in [0.1, 0.15) is 20.3 Å². The van der Waals surface area contributed by atoms with Crippen molar-refractivity contribution in [2.24, 2.45) is 5.92 Å². The van der Waals surface area contributed by atoms with Crippen LogP contribution in [0.3, 0.4) is 0 Å². The molecule has 1 amide bonds. The molecule has 0 aliphatic rings. The van der Waals surface area contributed by atoms with Crippen LogP contribution in [0.2, 0.25) is 0 Å². The largest absolute Gasteiger partial charge is 0.489 e. The Bertz CT molecular complexity index is 1360. The highest BCUT2D eigenvalue weighted by Gasteiger charge is 2.16. The van der Waals surface area contributed by atoms with Crippen molar-refractivity contribution in [2.75, 3.05) is 90.0 Å². The van der Waals surface area contributed by atoms with Gasteiger partial charge in [-0.05, 0) is 59.2 Å². The summed E-state index contributed by atoms with van der Waals surface area (Å²) >= 11 is 2.26. The number of carbonyl (C=O) groups excluding carboxylic acids is 1. The third kappa shape index (κ3) is 14.2. The number of hydrogen-bond acceptors (Lipinski definition) is 10. The van der Waals surface area contributed by atoms with Crippen LogP contribution in [0.25, 0.3) is 10.9 Å². The lowest BCUT2D eigenvalue weighted by molar-refractivity contribution is -0.113. The summed E-state index contributed by atoms with van der Waals surface area (Å²) in [4.78, 5) is 21.9. The summed E-state index contributed by atoms with van der Waals surface area (Å²) in [6.45, 7) is 11.6. The molecule has 0 aliphatic carbocycles. The van der Waals surface area contributed by atoms with Crippen LogP contribution in [0.15, 0.2) is 54.9 Å². The van der Waals surface area contributed by atoms with E-state index in [0.29, 0.717) is 100 Å². The molecule has 2 aromatic carbocycles. The number of alkyl halides is 1. The summed E-state index contributed by atoms with van der Waals surface area (Å²) in [5.41, 5.74) is 2.52. The number of halogens is 2. The minimum Gasteiger partial charge on any atom is -0.489 e. The number of anilines is 3. The van der Waals surface area contributed by atoms with Gasteiger partial charge in [0, 0.05) is 26.3 Å². The monoisotopic (exact) mass is 753 g/mol. The Morgan fingerprint density at radius 2 is 1.48 bits per heavy atom. The van der Waals surface area contributed by atoms with Crippen molar-refractivity contribution >= 4 is 56.6 Å². The zero-order valence-electron chi connectivity index (χ0n) is 26.5. The minimum atomic E-state index is -0.490. The van der Waals surface area contributed by atoms with E-state index in [1.807, 2.05) is 44.2 Å². The van der Waals surface area contributed by atoms with Crippen LogP contribution in [-0.4, -0.2) is 95.2 Å². The molecule has 3 rings (SSSR count). The van der Waals surface area contributed by atoms with Gasteiger partial charge in [-0.1, -0.05) is 26.5 Å². The first kappa shape index (κ1) is 37.5. The van der Waals surface area contributed by atoms with Crippen molar-refractivity contribution in [1.29, 1.82) is 0 Å². The maximum atomic E-state index is 13.0. The van der Waals surface area contributed by atoms with E-state index in [2.05, 4.69) is 49.8 Å². The molecule has 0 aliphatic heterocycles. The Hall–Kier alpha value is -2.95. The lowest BCUT2D eigenvalue weighted by atomic mass is 10.0. The molecule has 1 heterocycles. The van der Waals surface area contributed by atoms with Crippen LogP contribution in [0, 0.1) is 9.49 Å². The van der Waals surface area contributed by atoms with E-state index in [-0.39, 0.29) is 19.1 Å². The molecule has 2 N–H and O–H groups in total. The second kappa shape index (κ2) is 21.8. The van der Waals surface area contributed by atoms with Crippen LogP contribution >= 0.6 is 22.6 Å². The zero-order chi connectivity index (χ0) is 33.0. The highest BCUT2D eigenvalue weighted by Crippen LogP contribution is 2.34. The number of aromatic nitrogens is 2. The van der Waals surface area contributed by atoms with Crippen LogP contribution in [0.4, 0.5) is 21.6 Å². The number of nitrogens with zero attached hydrogens (tertiary/aromatic N) is 2. The molecule has 1 aromatic heterocycles. The summed E-state index contributed by atoms with van der Waals surface area (Å²) < 4.78 is 46.0. The standard InChI is InChI=1S/C33H44FIN4O7/c1-24(2)19-25(3)33(40)39-30-21-28-29(36-23-37-32(28)38-27-6-4-5-26(35)20-27)22-31(30)46-18-17-45-16-15-44-14-13-43-12-11-42-10-9-41-8-7-34/h4-6,20-24H,3,7-19H2,1-2H3,(H,39,40)(H,36,37,38)/i34-1. The van der Waals surface area contributed by atoms with Gasteiger partial charge >= 0.3 is 0 Å². The van der Waals surface area contributed by atoms with E-state index in [9.17, 15) is 9.18 Å². The van der Waals surface area contributed by atoms with E-state index >= 15 is 0 Å². The number of benzene rings is 2. The molecule has 46 heavy (non-hydrogen) atoms. The summed E-state index contributed by atoms with van der Waals surface area (Å²) in [5.74, 6) is 1.09. The van der Waals surface area contributed by atoms with Crippen LogP contribution in [0.5, 0.6) is 5.75 Å². The van der Waals surface area contributed by atoms with Gasteiger partial charge < -0.3 is 39.1 Å². The third-order valence-corrected chi connectivity index (χ3v) is 6.91. The normalized spacial score (nSPS) is 11.2. The fourth-order valence-corrected chi connectivity index (χ4v) is 4.69. The van der Waals surface area contributed by atoms with E-state index in [1.165, 1.54) is 6.33 Å². The lowest BCUT2D eigenvalue weighted by Gasteiger charge is -2.16. The van der Waals surface area contributed by atoms with Gasteiger partial charge in [-0.15, -0.1) is 0 Å². The molecule has 3 aromatic rings. The lowest BCUT2D eigenvalue weighted by Crippen LogP contribution is -2.17. The molecule has 0 saturated carbocycles. The Morgan fingerprint density at radius 3 is 2.07 bits per heavy atom. The molecule has 0 spiro atoms. The smallest absolute Gasteiger partial charge is 0.251 e. The first-order chi connectivity index (χ1) is 22.4. The average Bonchev–Trinajstić information content (AvgIpc) is 3.02. The number of ether oxygens (including phenoxy) is 6. The predicted octanol–water partition coefficient (Wildman–Crippen LogP) is 5.95. The first-order valence-corrected chi connectivity index (χ1v) is 16.3. The maximum absolute atomic E-state index is 13.0. The van der Waals surface area contributed by atoms with Gasteiger partial charge in [0.1, 0.15) is 31.2 Å². The quantitative estimate of drug-likeness (QED) is 0.0645. The number of hydrogen-bond donors (Lipinski definition) is 2. The van der Waals surface area contributed by atoms with Gasteiger partial charge in [0.25, 0.3) is 5.91 Å². The highest BCUT2D eigenvalue weighted by molar-refractivity contribution is 14.1. The van der Waals surface area contributed by atoms with Crippen molar-refractivity contribution in [3.63, 3.8) is 0 Å². The van der Waals surface area contributed by atoms with E-state index < -0.39 is 6.67 Å². The molecule has 13 heteroatoms. The van der Waals surface area contributed by atoms with Gasteiger partial charge in [-0.25, -0.2) is 14.4 Å². The molecule has 252 valence electrons. The summed E-state index contributed by atoms with van der Waals surface area (Å²) in [5, 5.41) is 7.05. The predicted molar refractivity (Wildman–Crippen MR) is 185 cm³/mol. The van der Waals surface area contributed by atoms with Gasteiger partial charge in [0.15, 0.2) is 0 Å². The number of amides is 1. The zero-order valence-corrected chi connectivity index (χ0v) is 28.7. The summed E-state index contributed by atoms with van der Waals surface area (Å²) in [6, 6.07) is 11.5. The van der Waals surface area contributed by atoms with Crippen molar-refractivity contribution in [2.45, 2.75) is 20.3 Å². The van der Waals surface area contributed by atoms with E-state index in [1.54, 1.807) is 6.07 Å². The number of rotatable bonds is 24. The van der Waals surface area contributed by atoms with E-state index in [0.717, 1.165) is 14.6 Å². The molecule has 0 fully saturated rings. The van der Waals surface area contributed by atoms with Gasteiger partial charge in [0.2, 0.25) is 0 Å². The van der Waals surface area contributed by atoms with Crippen molar-refractivity contribution < 1.29 is 37.6 Å². The maximum Gasteiger partial charge on any atom is 0.251 e. The second-order valence-corrected chi connectivity index (χ2v) is 11.7. The second-order valence-electron chi connectivity index (χ2n) is 10.5. The number of nitrogens with one attached hydrogen (secondary N) is 2. The van der Waals surface area contributed by atoms with Crippen molar-refractivity contribution in [3.8, 4) is 5.75 Å². The van der Waals surface area contributed by atoms with Crippen molar-refractivity contribution in [1.82, 2.24) is 9.97 Å². The topological polar surface area (TPSA) is 122 Å². The highest BCUT2D eigenvalue weighted by atomic mass is 127. The fraction of sp³-hybridized carbons (Fsp3) is 0.485. The SMILES string of the molecule is C=C(CC(C)C)C(=O)Nc1cc2c(Nc3cccc(I)c3)ncnc2cc1OCCOCCOCCOCCOCCOCC[18F]. The first-order valence-electron chi connectivity index (χ1n) is 15.2.